The first-order valence-electron chi connectivity index (χ1n) is 7.74. The summed E-state index contributed by atoms with van der Waals surface area (Å²) in [7, 11) is 0. The Morgan fingerprint density at radius 3 is 2.80 bits per heavy atom. The minimum absolute atomic E-state index is 0.108. The van der Waals surface area contributed by atoms with Crippen LogP contribution in [-0.2, 0) is 4.79 Å². The first-order chi connectivity index (χ1) is 12.0. The number of aromatic nitrogens is 4. The van der Waals surface area contributed by atoms with Crippen molar-refractivity contribution in [3.63, 3.8) is 0 Å². The number of hydrogen-bond donors (Lipinski definition) is 2. The molecular weight excluding hydrogens is 342 g/mol. The molecule has 126 valence electrons. The molecule has 0 unspecified atom stereocenters. The van der Waals surface area contributed by atoms with Gasteiger partial charge in [-0.05, 0) is 30.7 Å². The second-order valence-electron chi connectivity index (χ2n) is 5.90. The molecule has 25 heavy (non-hydrogen) atoms. The van der Waals surface area contributed by atoms with Crippen LogP contribution in [-0.4, -0.2) is 25.9 Å². The number of amides is 1. The summed E-state index contributed by atoms with van der Waals surface area (Å²) >= 11 is 6.12. The zero-order valence-electron chi connectivity index (χ0n) is 13.3. The first-order valence-corrected chi connectivity index (χ1v) is 8.11. The van der Waals surface area contributed by atoms with Crippen LogP contribution >= 0.6 is 11.6 Å². The average Bonchev–Trinajstić information content (AvgIpc) is 2.91. The van der Waals surface area contributed by atoms with Crippen molar-refractivity contribution >= 4 is 23.3 Å². The lowest BCUT2D eigenvalue weighted by molar-refractivity contribution is -0.116. The summed E-state index contributed by atoms with van der Waals surface area (Å²) in [5.41, 5.74) is 2.37. The molecule has 0 fully saturated rings. The molecule has 1 aromatic carbocycles. The molecule has 3 aromatic rings. The third-order valence-corrected chi connectivity index (χ3v) is 4.47. The molecule has 0 radical (unpaired) electrons. The van der Waals surface area contributed by atoms with Gasteiger partial charge in [0.15, 0.2) is 5.82 Å². The van der Waals surface area contributed by atoms with E-state index in [0.29, 0.717) is 23.1 Å². The number of benzene rings is 1. The SMILES string of the molecule is Cc1nn(-c2ccc(=O)[nH]n2)c2c1[C@@H](c1cccc(Cl)c1)CC(=O)N2. The van der Waals surface area contributed by atoms with Gasteiger partial charge in [0.2, 0.25) is 5.91 Å². The predicted molar refractivity (Wildman–Crippen MR) is 93.3 cm³/mol. The third kappa shape index (κ3) is 2.72. The third-order valence-electron chi connectivity index (χ3n) is 4.23. The minimum atomic E-state index is -0.303. The number of aromatic amines is 1. The molecule has 1 atom stereocenters. The van der Waals surface area contributed by atoms with Crippen molar-refractivity contribution in [3.8, 4) is 5.82 Å². The van der Waals surface area contributed by atoms with E-state index in [2.05, 4.69) is 20.6 Å². The highest BCUT2D eigenvalue weighted by Crippen LogP contribution is 2.40. The summed E-state index contributed by atoms with van der Waals surface area (Å²) in [6.07, 6.45) is 0.318. The summed E-state index contributed by atoms with van der Waals surface area (Å²) in [4.78, 5) is 23.5. The Morgan fingerprint density at radius 2 is 2.08 bits per heavy atom. The number of H-pyrrole nitrogens is 1. The van der Waals surface area contributed by atoms with E-state index in [1.54, 1.807) is 12.1 Å². The lowest BCUT2D eigenvalue weighted by atomic mass is 9.86. The highest BCUT2D eigenvalue weighted by molar-refractivity contribution is 6.30. The second kappa shape index (κ2) is 5.86. The molecule has 2 aromatic heterocycles. The summed E-state index contributed by atoms with van der Waals surface area (Å²) in [6.45, 7) is 1.88. The van der Waals surface area contributed by atoms with E-state index in [1.165, 1.54) is 10.7 Å². The maximum Gasteiger partial charge on any atom is 0.264 e. The lowest BCUT2D eigenvalue weighted by Crippen LogP contribution is -2.25. The van der Waals surface area contributed by atoms with Crippen LogP contribution in [0.1, 0.15) is 29.2 Å². The maximum atomic E-state index is 12.3. The summed E-state index contributed by atoms with van der Waals surface area (Å²) in [6, 6.07) is 10.4. The van der Waals surface area contributed by atoms with Gasteiger partial charge in [0.25, 0.3) is 5.56 Å². The molecule has 3 heterocycles. The highest BCUT2D eigenvalue weighted by Gasteiger charge is 2.32. The topological polar surface area (TPSA) is 92.7 Å². The van der Waals surface area contributed by atoms with E-state index in [-0.39, 0.29) is 17.4 Å². The van der Waals surface area contributed by atoms with Crippen LogP contribution in [0.5, 0.6) is 0 Å². The van der Waals surface area contributed by atoms with Crippen molar-refractivity contribution in [3.05, 3.63) is 68.6 Å². The fourth-order valence-corrected chi connectivity index (χ4v) is 3.37. The van der Waals surface area contributed by atoms with Crippen LogP contribution in [0.15, 0.2) is 41.2 Å². The van der Waals surface area contributed by atoms with Crippen LogP contribution in [0.2, 0.25) is 5.02 Å². The van der Waals surface area contributed by atoms with Crippen molar-refractivity contribution in [1.29, 1.82) is 0 Å². The fourth-order valence-electron chi connectivity index (χ4n) is 3.18. The van der Waals surface area contributed by atoms with E-state index < -0.39 is 0 Å². The molecule has 0 bridgehead atoms. The maximum absolute atomic E-state index is 12.3. The number of aryl methyl sites for hydroxylation is 1. The van der Waals surface area contributed by atoms with Gasteiger partial charge in [-0.1, -0.05) is 23.7 Å². The normalized spacial score (nSPS) is 16.4. The molecule has 0 saturated carbocycles. The van der Waals surface area contributed by atoms with E-state index in [9.17, 15) is 9.59 Å². The van der Waals surface area contributed by atoms with Gasteiger partial charge < -0.3 is 5.32 Å². The Bertz CT molecular complexity index is 1020. The van der Waals surface area contributed by atoms with Gasteiger partial charge in [0.05, 0.1) is 5.69 Å². The number of carbonyl (C=O) groups is 1. The zero-order chi connectivity index (χ0) is 17.6. The molecule has 7 nitrogen and oxygen atoms in total. The highest BCUT2D eigenvalue weighted by atomic mass is 35.5. The number of halogens is 1. The quantitative estimate of drug-likeness (QED) is 0.738. The Kier molecular flexibility index (Phi) is 3.65. The summed E-state index contributed by atoms with van der Waals surface area (Å²) in [5, 5.41) is 14.4. The molecule has 0 spiro atoms. The number of nitrogens with zero attached hydrogens (tertiary/aromatic N) is 3. The Morgan fingerprint density at radius 1 is 1.24 bits per heavy atom. The van der Waals surface area contributed by atoms with Crippen molar-refractivity contribution in [1.82, 2.24) is 20.0 Å². The molecule has 1 aliphatic rings. The first kappa shape index (κ1) is 15.6. The monoisotopic (exact) mass is 355 g/mol. The summed E-state index contributed by atoms with van der Waals surface area (Å²) < 4.78 is 1.54. The molecule has 2 N–H and O–H groups in total. The Hall–Kier alpha value is -2.93. The zero-order valence-corrected chi connectivity index (χ0v) is 14.0. The standard InChI is InChI=1S/C17H14ClN5O2/c1-9-16-12(10-3-2-4-11(18)7-10)8-15(25)19-17(16)23(22-9)13-5-6-14(24)21-20-13/h2-7,12H,8H2,1H3,(H,19,25)(H,21,24)/t12-/m1/s1. The van der Waals surface area contributed by atoms with E-state index in [4.69, 9.17) is 11.6 Å². The number of carbonyl (C=O) groups excluding carboxylic acids is 1. The molecule has 1 amide bonds. The van der Waals surface area contributed by atoms with Gasteiger partial charge in [0, 0.05) is 29.0 Å². The fraction of sp³-hybridized carbons (Fsp3) is 0.176. The number of anilines is 1. The summed E-state index contributed by atoms with van der Waals surface area (Å²) in [5.74, 6) is 0.747. The lowest BCUT2D eigenvalue weighted by Gasteiger charge is -2.24. The van der Waals surface area contributed by atoms with E-state index in [1.807, 2.05) is 25.1 Å². The van der Waals surface area contributed by atoms with E-state index >= 15 is 0 Å². The van der Waals surface area contributed by atoms with Gasteiger partial charge in [-0.2, -0.15) is 14.9 Å². The number of rotatable bonds is 2. The molecule has 0 saturated heterocycles. The minimum Gasteiger partial charge on any atom is -0.310 e. The smallest absolute Gasteiger partial charge is 0.264 e. The van der Waals surface area contributed by atoms with Crippen LogP contribution in [0.4, 0.5) is 5.82 Å². The molecule has 1 aliphatic heterocycles. The van der Waals surface area contributed by atoms with Gasteiger partial charge in [-0.15, -0.1) is 0 Å². The van der Waals surface area contributed by atoms with Crippen molar-refractivity contribution in [2.45, 2.75) is 19.3 Å². The van der Waals surface area contributed by atoms with Crippen molar-refractivity contribution in [2.75, 3.05) is 5.32 Å². The Balaban J connectivity index is 1.89. The molecule has 4 rings (SSSR count). The van der Waals surface area contributed by atoms with Gasteiger partial charge >= 0.3 is 0 Å². The number of hydrogen-bond acceptors (Lipinski definition) is 4. The second-order valence-corrected chi connectivity index (χ2v) is 6.34. The van der Waals surface area contributed by atoms with Gasteiger partial charge in [-0.25, -0.2) is 5.10 Å². The predicted octanol–water partition coefficient (Wildman–Crippen LogP) is 2.39. The average molecular weight is 356 g/mol. The van der Waals surface area contributed by atoms with Crippen molar-refractivity contribution < 1.29 is 4.79 Å². The Labute approximate surface area is 147 Å². The number of nitrogens with one attached hydrogen (secondary N) is 2. The molecular formula is C17H14ClN5O2. The van der Waals surface area contributed by atoms with Crippen LogP contribution in [0.25, 0.3) is 5.82 Å². The van der Waals surface area contributed by atoms with Crippen LogP contribution in [0.3, 0.4) is 0 Å². The van der Waals surface area contributed by atoms with Gasteiger partial charge in [0.1, 0.15) is 5.82 Å². The largest absolute Gasteiger partial charge is 0.310 e. The van der Waals surface area contributed by atoms with Crippen LogP contribution < -0.4 is 10.9 Å². The molecule has 0 aliphatic carbocycles. The van der Waals surface area contributed by atoms with Crippen molar-refractivity contribution in [2.24, 2.45) is 0 Å². The van der Waals surface area contributed by atoms with Gasteiger partial charge in [-0.3, -0.25) is 9.59 Å². The molecule has 8 heteroatoms. The number of fused-ring (bicyclic) bond motifs is 1. The van der Waals surface area contributed by atoms with Crippen LogP contribution in [0, 0.1) is 6.92 Å². The van der Waals surface area contributed by atoms with E-state index in [0.717, 1.165) is 16.8 Å².